The second-order valence-electron chi connectivity index (χ2n) is 6.63. The molecule has 1 N–H and O–H groups in total. The zero-order chi connectivity index (χ0) is 19.7. The van der Waals surface area contributed by atoms with Gasteiger partial charge in [0.25, 0.3) is 5.91 Å². The van der Waals surface area contributed by atoms with Gasteiger partial charge in [0.15, 0.2) is 0 Å². The Morgan fingerprint density at radius 3 is 2.89 bits per heavy atom. The number of nitrogens with one attached hydrogen (secondary N) is 1. The first-order valence-electron chi connectivity index (χ1n) is 8.96. The molecule has 0 spiro atoms. The second-order valence-corrected chi connectivity index (χ2v) is 7.01. The monoisotopic (exact) mass is 403 g/mol. The van der Waals surface area contributed by atoms with Crippen molar-refractivity contribution in [1.82, 2.24) is 9.38 Å². The lowest BCUT2D eigenvalue weighted by molar-refractivity contribution is 0.0846. The van der Waals surface area contributed by atoms with Crippen LogP contribution in [0.1, 0.15) is 34.8 Å². The minimum atomic E-state index is -0.599. The second kappa shape index (κ2) is 7.77. The molecule has 3 aromatic rings. The molecule has 28 heavy (non-hydrogen) atoms. The van der Waals surface area contributed by atoms with Crippen molar-refractivity contribution in [1.29, 1.82) is 0 Å². The number of carbonyl (C=O) groups is 1. The van der Waals surface area contributed by atoms with Gasteiger partial charge in [0.2, 0.25) is 0 Å². The fourth-order valence-electron chi connectivity index (χ4n) is 3.35. The molecule has 1 aliphatic rings. The van der Waals surface area contributed by atoms with Crippen LogP contribution in [-0.2, 0) is 4.74 Å². The number of benzene rings is 1. The summed E-state index contributed by atoms with van der Waals surface area (Å²) in [6, 6.07) is 5.96. The van der Waals surface area contributed by atoms with Crippen LogP contribution in [0.4, 0.5) is 10.1 Å². The number of methoxy groups -OCH3 is 1. The van der Waals surface area contributed by atoms with Gasteiger partial charge >= 0.3 is 0 Å². The van der Waals surface area contributed by atoms with E-state index in [2.05, 4.69) is 10.3 Å². The van der Waals surface area contributed by atoms with Gasteiger partial charge in [-0.25, -0.2) is 9.37 Å². The summed E-state index contributed by atoms with van der Waals surface area (Å²) in [4.78, 5) is 17.5. The first-order chi connectivity index (χ1) is 13.6. The summed E-state index contributed by atoms with van der Waals surface area (Å²) >= 11 is 5.94. The molecule has 1 aromatic carbocycles. The third kappa shape index (κ3) is 3.55. The number of carbonyl (C=O) groups excluding carboxylic acids is 1. The SMILES string of the molecule is COc1cc2nc(C3CCOCC3)cn2cc1C(=O)Nc1cccc(F)c1Cl. The summed E-state index contributed by atoms with van der Waals surface area (Å²) in [5.41, 5.74) is 2.16. The minimum absolute atomic E-state index is 0.139. The standard InChI is InChI=1S/C20H19ClFN3O3/c1-27-17-9-18-23-16(12-5-7-28-8-6-12)11-25(18)10-13(17)20(26)24-15-4-2-3-14(22)19(15)21/h2-4,9-12H,5-8H2,1H3,(H,24,26). The number of rotatable bonds is 4. The quantitative estimate of drug-likeness (QED) is 0.706. The van der Waals surface area contributed by atoms with E-state index in [-0.39, 0.29) is 10.7 Å². The molecule has 8 heteroatoms. The number of pyridine rings is 1. The zero-order valence-electron chi connectivity index (χ0n) is 15.2. The zero-order valence-corrected chi connectivity index (χ0v) is 16.0. The maximum absolute atomic E-state index is 13.6. The Bertz CT molecular complexity index is 1030. The number of fused-ring (bicyclic) bond motifs is 1. The van der Waals surface area contributed by atoms with Crippen LogP contribution in [-0.4, -0.2) is 35.6 Å². The molecule has 0 aliphatic carbocycles. The largest absolute Gasteiger partial charge is 0.496 e. The molecule has 1 aliphatic heterocycles. The first kappa shape index (κ1) is 18.7. The van der Waals surface area contributed by atoms with Crippen molar-refractivity contribution in [3.63, 3.8) is 0 Å². The smallest absolute Gasteiger partial charge is 0.260 e. The summed E-state index contributed by atoms with van der Waals surface area (Å²) in [7, 11) is 1.49. The molecule has 3 heterocycles. The van der Waals surface area contributed by atoms with Crippen LogP contribution in [0.2, 0.25) is 5.02 Å². The van der Waals surface area contributed by atoms with E-state index < -0.39 is 11.7 Å². The molecule has 1 fully saturated rings. The van der Waals surface area contributed by atoms with Crippen LogP contribution >= 0.6 is 11.6 Å². The Balaban J connectivity index is 1.67. The van der Waals surface area contributed by atoms with Crippen molar-refractivity contribution in [2.45, 2.75) is 18.8 Å². The predicted molar refractivity (Wildman–Crippen MR) is 104 cm³/mol. The number of halogens is 2. The Kier molecular flexibility index (Phi) is 5.19. The highest BCUT2D eigenvalue weighted by Crippen LogP contribution is 2.30. The fourth-order valence-corrected chi connectivity index (χ4v) is 3.53. The third-order valence-corrected chi connectivity index (χ3v) is 5.26. The number of amides is 1. The number of ether oxygens (including phenoxy) is 2. The van der Waals surface area contributed by atoms with Crippen molar-refractivity contribution in [3.05, 3.63) is 58.8 Å². The highest BCUT2D eigenvalue weighted by molar-refractivity contribution is 6.34. The van der Waals surface area contributed by atoms with E-state index in [0.717, 1.165) is 31.7 Å². The molecule has 6 nitrogen and oxygen atoms in total. The maximum Gasteiger partial charge on any atom is 0.260 e. The number of hydrogen-bond donors (Lipinski definition) is 1. The van der Waals surface area contributed by atoms with E-state index in [0.29, 0.717) is 22.9 Å². The van der Waals surface area contributed by atoms with Gasteiger partial charge < -0.3 is 19.2 Å². The summed E-state index contributed by atoms with van der Waals surface area (Å²) in [5, 5.41) is 2.50. The van der Waals surface area contributed by atoms with E-state index in [1.165, 1.54) is 25.3 Å². The molecule has 0 saturated carbocycles. The van der Waals surface area contributed by atoms with Gasteiger partial charge in [-0.2, -0.15) is 0 Å². The molecular formula is C20H19ClFN3O3. The Hall–Kier alpha value is -2.64. The van der Waals surface area contributed by atoms with Crippen molar-refractivity contribution in [3.8, 4) is 5.75 Å². The van der Waals surface area contributed by atoms with E-state index in [1.54, 1.807) is 16.7 Å². The van der Waals surface area contributed by atoms with Gasteiger partial charge in [0, 0.05) is 37.6 Å². The number of nitrogens with zero attached hydrogens (tertiary/aromatic N) is 2. The van der Waals surface area contributed by atoms with Crippen LogP contribution in [0.5, 0.6) is 5.75 Å². The molecule has 1 saturated heterocycles. The summed E-state index contributed by atoms with van der Waals surface area (Å²) in [6.07, 6.45) is 5.43. The minimum Gasteiger partial charge on any atom is -0.496 e. The summed E-state index contributed by atoms with van der Waals surface area (Å²) in [6.45, 7) is 1.45. The van der Waals surface area contributed by atoms with Crippen molar-refractivity contribution in [2.24, 2.45) is 0 Å². The Morgan fingerprint density at radius 2 is 2.14 bits per heavy atom. The Morgan fingerprint density at radius 1 is 1.36 bits per heavy atom. The molecule has 0 atom stereocenters. The molecule has 4 rings (SSSR count). The summed E-state index contributed by atoms with van der Waals surface area (Å²) in [5.74, 6) is -0.338. The Labute approximate surface area is 166 Å². The highest BCUT2D eigenvalue weighted by Gasteiger charge is 2.21. The lowest BCUT2D eigenvalue weighted by Gasteiger charge is -2.19. The fraction of sp³-hybridized carbons (Fsp3) is 0.300. The van der Waals surface area contributed by atoms with E-state index in [4.69, 9.17) is 21.1 Å². The van der Waals surface area contributed by atoms with Gasteiger partial charge in [-0.1, -0.05) is 17.7 Å². The predicted octanol–water partition coefficient (Wildman–Crippen LogP) is 4.28. The van der Waals surface area contributed by atoms with Crippen LogP contribution in [0.25, 0.3) is 5.65 Å². The maximum atomic E-state index is 13.6. The average molecular weight is 404 g/mol. The molecule has 0 radical (unpaired) electrons. The van der Waals surface area contributed by atoms with Crippen LogP contribution < -0.4 is 10.1 Å². The van der Waals surface area contributed by atoms with Gasteiger partial charge in [-0.05, 0) is 25.0 Å². The van der Waals surface area contributed by atoms with Crippen molar-refractivity contribution >= 4 is 28.8 Å². The van der Waals surface area contributed by atoms with Crippen LogP contribution in [0, 0.1) is 5.82 Å². The van der Waals surface area contributed by atoms with E-state index in [1.807, 2.05) is 6.20 Å². The number of anilines is 1. The van der Waals surface area contributed by atoms with Gasteiger partial charge in [-0.3, -0.25) is 4.79 Å². The van der Waals surface area contributed by atoms with E-state index >= 15 is 0 Å². The van der Waals surface area contributed by atoms with Crippen molar-refractivity contribution < 1.29 is 18.7 Å². The topological polar surface area (TPSA) is 64.9 Å². The number of hydrogen-bond acceptors (Lipinski definition) is 4. The number of aromatic nitrogens is 2. The average Bonchev–Trinajstić information content (AvgIpc) is 3.14. The van der Waals surface area contributed by atoms with Gasteiger partial charge in [-0.15, -0.1) is 0 Å². The molecule has 2 aromatic heterocycles. The normalized spacial score (nSPS) is 15.0. The van der Waals surface area contributed by atoms with Crippen molar-refractivity contribution in [2.75, 3.05) is 25.6 Å². The number of imidazole rings is 1. The van der Waals surface area contributed by atoms with E-state index in [9.17, 15) is 9.18 Å². The molecule has 0 bridgehead atoms. The molecule has 0 unspecified atom stereocenters. The van der Waals surface area contributed by atoms with Crippen LogP contribution in [0.3, 0.4) is 0 Å². The highest BCUT2D eigenvalue weighted by atomic mass is 35.5. The lowest BCUT2D eigenvalue weighted by atomic mass is 9.97. The van der Waals surface area contributed by atoms with Gasteiger partial charge in [0.05, 0.1) is 29.1 Å². The molecular weight excluding hydrogens is 385 g/mol. The first-order valence-corrected chi connectivity index (χ1v) is 9.34. The summed E-state index contributed by atoms with van der Waals surface area (Å²) < 4.78 is 26.2. The van der Waals surface area contributed by atoms with Gasteiger partial charge in [0.1, 0.15) is 17.2 Å². The molecule has 146 valence electrons. The lowest BCUT2D eigenvalue weighted by Crippen LogP contribution is -2.14. The third-order valence-electron chi connectivity index (χ3n) is 4.88. The van der Waals surface area contributed by atoms with Crippen LogP contribution in [0.15, 0.2) is 36.7 Å². The molecule has 1 amide bonds.